The first-order valence-electron chi connectivity index (χ1n) is 10.8. The molecule has 0 saturated carbocycles. The SMILES string of the molecule is CC(C)CC(=O)Nc1ccc(N(C)C)c(CN(Cc2ccco2)C(=O)CC(C)(C)C)c1. The molecule has 2 amide bonds. The molecule has 2 aromatic rings. The number of nitrogens with zero attached hydrogens (tertiary/aromatic N) is 2. The van der Waals surface area contributed by atoms with Crippen molar-refractivity contribution in [1.82, 2.24) is 4.90 Å². The number of benzene rings is 1. The van der Waals surface area contributed by atoms with Gasteiger partial charge in [-0.05, 0) is 47.2 Å². The zero-order valence-corrected chi connectivity index (χ0v) is 20.0. The predicted molar refractivity (Wildman–Crippen MR) is 126 cm³/mol. The molecule has 170 valence electrons. The molecule has 0 spiro atoms. The lowest BCUT2D eigenvalue weighted by Gasteiger charge is -2.28. The van der Waals surface area contributed by atoms with Crippen molar-refractivity contribution in [1.29, 1.82) is 0 Å². The number of hydrogen-bond acceptors (Lipinski definition) is 4. The average Bonchev–Trinajstić information content (AvgIpc) is 3.12. The molecule has 0 bridgehead atoms. The summed E-state index contributed by atoms with van der Waals surface area (Å²) in [7, 11) is 3.95. The first-order valence-corrected chi connectivity index (χ1v) is 10.8. The van der Waals surface area contributed by atoms with E-state index in [4.69, 9.17) is 4.42 Å². The first-order chi connectivity index (χ1) is 14.4. The lowest BCUT2D eigenvalue weighted by atomic mass is 9.91. The molecule has 1 aromatic heterocycles. The Morgan fingerprint density at radius 1 is 1.10 bits per heavy atom. The van der Waals surface area contributed by atoms with Crippen molar-refractivity contribution in [3.8, 4) is 0 Å². The van der Waals surface area contributed by atoms with Crippen molar-refractivity contribution in [3.63, 3.8) is 0 Å². The topological polar surface area (TPSA) is 65.8 Å². The number of carbonyl (C=O) groups excluding carboxylic acids is 2. The van der Waals surface area contributed by atoms with Crippen LogP contribution in [0.3, 0.4) is 0 Å². The average molecular weight is 428 g/mol. The summed E-state index contributed by atoms with van der Waals surface area (Å²) < 4.78 is 5.51. The highest BCUT2D eigenvalue weighted by atomic mass is 16.3. The maximum Gasteiger partial charge on any atom is 0.224 e. The number of furan rings is 1. The molecule has 31 heavy (non-hydrogen) atoms. The number of hydrogen-bond donors (Lipinski definition) is 1. The van der Waals surface area contributed by atoms with Crippen molar-refractivity contribution in [3.05, 3.63) is 47.9 Å². The summed E-state index contributed by atoms with van der Waals surface area (Å²) in [5, 5.41) is 2.99. The standard InChI is InChI=1S/C25H37N3O3/c1-18(2)13-23(29)26-20-10-11-22(27(6)7)19(14-20)16-28(17-21-9-8-12-31-21)24(30)15-25(3,4)5/h8-12,14,18H,13,15-17H2,1-7H3,(H,26,29). The van der Waals surface area contributed by atoms with E-state index < -0.39 is 0 Å². The third kappa shape index (κ3) is 8.12. The zero-order valence-electron chi connectivity index (χ0n) is 20.0. The van der Waals surface area contributed by atoms with Gasteiger partial charge in [0.05, 0.1) is 12.8 Å². The van der Waals surface area contributed by atoms with Crippen LogP contribution >= 0.6 is 0 Å². The Kier molecular flexibility index (Phi) is 8.31. The van der Waals surface area contributed by atoms with Crippen LogP contribution in [0.2, 0.25) is 0 Å². The van der Waals surface area contributed by atoms with E-state index in [0.29, 0.717) is 31.8 Å². The van der Waals surface area contributed by atoms with E-state index in [1.807, 2.05) is 68.1 Å². The Bertz CT molecular complexity index is 865. The largest absolute Gasteiger partial charge is 0.467 e. The third-order valence-electron chi connectivity index (χ3n) is 4.76. The van der Waals surface area contributed by atoms with Crippen LogP contribution < -0.4 is 10.2 Å². The van der Waals surface area contributed by atoms with Crippen LogP contribution in [-0.4, -0.2) is 30.8 Å². The molecular formula is C25H37N3O3. The minimum absolute atomic E-state index is 0.00481. The van der Waals surface area contributed by atoms with E-state index in [1.165, 1.54) is 0 Å². The molecule has 0 aliphatic heterocycles. The Labute approximate surface area is 186 Å². The van der Waals surface area contributed by atoms with Gasteiger partial charge in [-0.2, -0.15) is 0 Å². The molecule has 0 unspecified atom stereocenters. The normalized spacial score (nSPS) is 11.5. The van der Waals surface area contributed by atoms with Gasteiger partial charge in [0.2, 0.25) is 11.8 Å². The van der Waals surface area contributed by atoms with Crippen LogP contribution in [0.25, 0.3) is 0 Å². The smallest absolute Gasteiger partial charge is 0.224 e. The summed E-state index contributed by atoms with van der Waals surface area (Å²) in [5.41, 5.74) is 2.61. The summed E-state index contributed by atoms with van der Waals surface area (Å²) in [6.45, 7) is 11.1. The molecule has 0 aliphatic carbocycles. The quantitative estimate of drug-likeness (QED) is 0.590. The zero-order chi connectivity index (χ0) is 23.2. The molecule has 1 heterocycles. The molecule has 0 aliphatic rings. The highest BCUT2D eigenvalue weighted by Gasteiger charge is 2.23. The first kappa shape index (κ1) is 24.5. The molecule has 0 saturated heterocycles. The van der Waals surface area contributed by atoms with Crippen molar-refractivity contribution in [2.75, 3.05) is 24.3 Å². The third-order valence-corrected chi connectivity index (χ3v) is 4.76. The highest BCUT2D eigenvalue weighted by molar-refractivity contribution is 5.91. The Morgan fingerprint density at radius 2 is 1.81 bits per heavy atom. The van der Waals surface area contributed by atoms with E-state index in [9.17, 15) is 9.59 Å². The summed E-state index contributed by atoms with van der Waals surface area (Å²) in [6.07, 6.45) is 2.53. The van der Waals surface area contributed by atoms with Gasteiger partial charge in [-0.3, -0.25) is 9.59 Å². The van der Waals surface area contributed by atoms with Crippen molar-refractivity contribution < 1.29 is 14.0 Å². The van der Waals surface area contributed by atoms with Crippen molar-refractivity contribution >= 4 is 23.2 Å². The van der Waals surface area contributed by atoms with Gasteiger partial charge in [0.25, 0.3) is 0 Å². The van der Waals surface area contributed by atoms with Crippen LogP contribution in [0.5, 0.6) is 0 Å². The fraction of sp³-hybridized carbons (Fsp3) is 0.520. The van der Waals surface area contributed by atoms with Gasteiger partial charge in [0, 0.05) is 44.9 Å². The van der Waals surface area contributed by atoms with Crippen LogP contribution in [0.15, 0.2) is 41.0 Å². The molecule has 0 fully saturated rings. The summed E-state index contributed by atoms with van der Waals surface area (Å²) in [4.78, 5) is 29.3. The van der Waals surface area contributed by atoms with Gasteiger partial charge < -0.3 is 19.5 Å². The minimum atomic E-state index is -0.116. The molecule has 0 radical (unpaired) electrons. The molecule has 2 rings (SSSR count). The summed E-state index contributed by atoms with van der Waals surface area (Å²) >= 11 is 0. The van der Waals surface area contributed by atoms with E-state index in [2.05, 4.69) is 26.1 Å². The van der Waals surface area contributed by atoms with Gasteiger partial charge in [-0.25, -0.2) is 0 Å². The Morgan fingerprint density at radius 3 is 2.35 bits per heavy atom. The number of rotatable bonds is 9. The number of anilines is 2. The Balaban J connectivity index is 2.32. The van der Waals surface area contributed by atoms with Gasteiger partial charge in [0.1, 0.15) is 5.76 Å². The van der Waals surface area contributed by atoms with Crippen LogP contribution in [0, 0.1) is 11.3 Å². The minimum Gasteiger partial charge on any atom is -0.467 e. The van der Waals surface area contributed by atoms with Crippen molar-refractivity contribution in [2.45, 2.75) is 60.5 Å². The fourth-order valence-corrected chi connectivity index (χ4v) is 3.40. The fourth-order valence-electron chi connectivity index (χ4n) is 3.40. The Hall–Kier alpha value is -2.76. The monoisotopic (exact) mass is 427 g/mol. The van der Waals surface area contributed by atoms with E-state index >= 15 is 0 Å². The van der Waals surface area contributed by atoms with Crippen LogP contribution in [-0.2, 0) is 22.7 Å². The van der Waals surface area contributed by atoms with Gasteiger partial charge >= 0.3 is 0 Å². The molecule has 1 N–H and O–H groups in total. The van der Waals surface area contributed by atoms with E-state index in [0.717, 1.165) is 22.7 Å². The molecule has 6 nitrogen and oxygen atoms in total. The maximum absolute atomic E-state index is 13.2. The number of carbonyl (C=O) groups is 2. The van der Waals surface area contributed by atoms with Crippen LogP contribution in [0.1, 0.15) is 58.8 Å². The second-order valence-electron chi connectivity index (χ2n) is 9.95. The second-order valence-corrected chi connectivity index (χ2v) is 9.95. The molecule has 0 atom stereocenters. The predicted octanol–water partition coefficient (Wildman–Crippen LogP) is 5.30. The van der Waals surface area contributed by atoms with Gasteiger partial charge in [-0.1, -0.05) is 34.6 Å². The summed E-state index contributed by atoms with van der Waals surface area (Å²) in [6, 6.07) is 9.57. The van der Waals surface area contributed by atoms with Crippen LogP contribution in [0.4, 0.5) is 11.4 Å². The molecule has 1 aromatic carbocycles. The van der Waals surface area contributed by atoms with E-state index in [-0.39, 0.29) is 17.2 Å². The van der Waals surface area contributed by atoms with E-state index in [1.54, 1.807) is 6.26 Å². The lowest BCUT2D eigenvalue weighted by molar-refractivity contribution is -0.134. The van der Waals surface area contributed by atoms with Crippen molar-refractivity contribution in [2.24, 2.45) is 11.3 Å². The highest BCUT2D eigenvalue weighted by Crippen LogP contribution is 2.27. The summed E-state index contributed by atoms with van der Waals surface area (Å²) in [5.74, 6) is 1.10. The lowest BCUT2D eigenvalue weighted by Crippen LogP contribution is -2.33. The molecule has 6 heteroatoms. The number of nitrogens with one attached hydrogen (secondary N) is 1. The van der Waals surface area contributed by atoms with Gasteiger partial charge in [-0.15, -0.1) is 0 Å². The second kappa shape index (κ2) is 10.5. The maximum atomic E-state index is 13.2. The van der Waals surface area contributed by atoms with Gasteiger partial charge in [0.15, 0.2) is 0 Å². The number of amides is 2. The molecular weight excluding hydrogens is 390 g/mol.